The van der Waals surface area contributed by atoms with Gasteiger partial charge < -0.3 is 11.1 Å². The fourth-order valence-electron chi connectivity index (χ4n) is 1.63. The summed E-state index contributed by atoms with van der Waals surface area (Å²) >= 11 is 0. The van der Waals surface area contributed by atoms with Gasteiger partial charge in [-0.3, -0.25) is 9.69 Å². The molecule has 0 fully saturated rings. The van der Waals surface area contributed by atoms with E-state index >= 15 is 0 Å². The van der Waals surface area contributed by atoms with Crippen molar-refractivity contribution in [2.45, 2.75) is 32.7 Å². The van der Waals surface area contributed by atoms with Crippen molar-refractivity contribution in [3.8, 4) is 0 Å². The molecule has 14 heavy (non-hydrogen) atoms. The fraction of sp³-hybridized carbons (Fsp3) is 0.900. The Balaban J connectivity index is 4.17. The van der Waals surface area contributed by atoms with E-state index in [1.807, 2.05) is 0 Å². The lowest BCUT2D eigenvalue weighted by molar-refractivity contribution is -0.122. The van der Waals surface area contributed by atoms with Gasteiger partial charge in [-0.1, -0.05) is 13.8 Å². The van der Waals surface area contributed by atoms with Crippen LogP contribution in [0, 0.1) is 0 Å². The summed E-state index contributed by atoms with van der Waals surface area (Å²) in [4.78, 5) is 13.4. The SMILES string of the molecule is CCC(CC)N(CCN)CC(=O)NC. The molecule has 0 rings (SSSR count). The standard InChI is InChI=1S/C10H23N3O/c1-4-9(5-2)13(7-6-11)8-10(14)12-3/h9H,4-8,11H2,1-3H3,(H,12,14). The second-order valence-electron chi connectivity index (χ2n) is 3.40. The second-order valence-corrected chi connectivity index (χ2v) is 3.40. The van der Waals surface area contributed by atoms with Crippen LogP contribution in [-0.4, -0.2) is 43.5 Å². The third-order valence-electron chi connectivity index (χ3n) is 2.50. The van der Waals surface area contributed by atoms with Crippen molar-refractivity contribution in [1.29, 1.82) is 0 Å². The highest BCUT2D eigenvalue weighted by molar-refractivity contribution is 5.77. The Labute approximate surface area is 86.8 Å². The molecule has 4 nitrogen and oxygen atoms in total. The zero-order chi connectivity index (χ0) is 11.0. The molecule has 0 aliphatic carbocycles. The van der Waals surface area contributed by atoms with Crippen molar-refractivity contribution < 1.29 is 4.79 Å². The minimum absolute atomic E-state index is 0.0605. The highest BCUT2D eigenvalue weighted by Gasteiger charge is 2.16. The van der Waals surface area contributed by atoms with E-state index in [0.717, 1.165) is 19.4 Å². The monoisotopic (exact) mass is 201 g/mol. The molecule has 0 aliphatic heterocycles. The highest BCUT2D eigenvalue weighted by Crippen LogP contribution is 2.07. The minimum Gasteiger partial charge on any atom is -0.358 e. The van der Waals surface area contributed by atoms with Gasteiger partial charge in [0.2, 0.25) is 5.91 Å². The fourth-order valence-corrected chi connectivity index (χ4v) is 1.63. The van der Waals surface area contributed by atoms with Gasteiger partial charge in [0.25, 0.3) is 0 Å². The smallest absolute Gasteiger partial charge is 0.233 e. The van der Waals surface area contributed by atoms with Crippen LogP contribution >= 0.6 is 0 Å². The molecule has 0 radical (unpaired) electrons. The van der Waals surface area contributed by atoms with Gasteiger partial charge in [0.05, 0.1) is 6.54 Å². The largest absolute Gasteiger partial charge is 0.358 e. The number of rotatable bonds is 7. The molecule has 3 N–H and O–H groups in total. The van der Waals surface area contributed by atoms with Gasteiger partial charge in [-0.25, -0.2) is 0 Å². The molecule has 0 aromatic heterocycles. The van der Waals surface area contributed by atoms with Crippen LogP contribution in [0.2, 0.25) is 0 Å². The summed E-state index contributed by atoms with van der Waals surface area (Å²) in [5.41, 5.74) is 5.52. The Hall–Kier alpha value is -0.610. The number of amides is 1. The molecule has 0 saturated carbocycles. The minimum atomic E-state index is 0.0605. The first-order valence-electron chi connectivity index (χ1n) is 5.34. The molecule has 1 amide bonds. The van der Waals surface area contributed by atoms with E-state index in [1.54, 1.807) is 7.05 Å². The topological polar surface area (TPSA) is 58.4 Å². The zero-order valence-electron chi connectivity index (χ0n) is 9.55. The molecule has 0 aromatic carbocycles. The zero-order valence-corrected chi connectivity index (χ0v) is 9.55. The molecule has 0 bridgehead atoms. The van der Waals surface area contributed by atoms with Gasteiger partial charge in [0.1, 0.15) is 0 Å². The number of hydrogen-bond donors (Lipinski definition) is 2. The van der Waals surface area contributed by atoms with E-state index in [2.05, 4.69) is 24.1 Å². The Bertz CT molecular complexity index is 157. The number of likely N-dealkylation sites (N-methyl/N-ethyl adjacent to an activating group) is 1. The molecule has 0 saturated heterocycles. The van der Waals surface area contributed by atoms with E-state index in [0.29, 0.717) is 19.1 Å². The summed E-state index contributed by atoms with van der Waals surface area (Å²) in [7, 11) is 1.66. The van der Waals surface area contributed by atoms with Gasteiger partial charge in [0, 0.05) is 26.2 Å². The van der Waals surface area contributed by atoms with Gasteiger partial charge >= 0.3 is 0 Å². The van der Waals surface area contributed by atoms with E-state index in [4.69, 9.17) is 5.73 Å². The summed E-state index contributed by atoms with van der Waals surface area (Å²) < 4.78 is 0. The highest BCUT2D eigenvalue weighted by atomic mass is 16.1. The summed E-state index contributed by atoms with van der Waals surface area (Å²) in [6, 6.07) is 0.468. The molecule has 0 heterocycles. The Kier molecular flexibility index (Phi) is 7.42. The lowest BCUT2D eigenvalue weighted by Gasteiger charge is -2.29. The quantitative estimate of drug-likeness (QED) is 0.618. The molecular formula is C10H23N3O. The average Bonchev–Trinajstić information content (AvgIpc) is 2.19. The summed E-state index contributed by atoms with van der Waals surface area (Å²) in [5.74, 6) is 0.0605. The molecule has 0 aromatic rings. The van der Waals surface area contributed by atoms with Crippen LogP contribution in [-0.2, 0) is 4.79 Å². The summed E-state index contributed by atoms with van der Waals surface area (Å²) in [6.45, 7) is 6.14. The number of carbonyl (C=O) groups is 1. The van der Waals surface area contributed by atoms with E-state index in [-0.39, 0.29) is 5.91 Å². The van der Waals surface area contributed by atoms with Crippen molar-refractivity contribution in [1.82, 2.24) is 10.2 Å². The van der Waals surface area contributed by atoms with Gasteiger partial charge in [0.15, 0.2) is 0 Å². The van der Waals surface area contributed by atoms with Crippen molar-refractivity contribution >= 4 is 5.91 Å². The second kappa shape index (κ2) is 7.76. The van der Waals surface area contributed by atoms with Crippen molar-refractivity contribution in [2.24, 2.45) is 5.73 Å². The Morgan fingerprint density at radius 1 is 1.43 bits per heavy atom. The van der Waals surface area contributed by atoms with Crippen LogP contribution in [0.5, 0.6) is 0 Å². The molecule has 0 spiro atoms. The Morgan fingerprint density at radius 3 is 2.36 bits per heavy atom. The van der Waals surface area contributed by atoms with Crippen LogP contribution in [0.3, 0.4) is 0 Å². The predicted molar refractivity (Wildman–Crippen MR) is 59.1 cm³/mol. The van der Waals surface area contributed by atoms with Crippen LogP contribution in [0.25, 0.3) is 0 Å². The van der Waals surface area contributed by atoms with Gasteiger partial charge in [-0.15, -0.1) is 0 Å². The lowest BCUT2D eigenvalue weighted by atomic mass is 10.1. The first-order valence-corrected chi connectivity index (χ1v) is 5.34. The van der Waals surface area contributed by atoms with Crippen LogP contribution in [0.1, 0.15) is 26.7 Å². The van der Waals surface area contributed by atoms with Crippen LogP contribution < -0.4 is 11.1 Å². The third kappa shape index (κ3) is 4.58. The number of nitrogens with zero attached hydrogens (tertiary/aromatic N) is 1. The molecule has 4 heteroatoms. The molecule has 0 unspecified atom stereocenters. The van der Waals surface area contributed by atoms with E-state index in [9.17, 15) is 4.79 Å². The van der Waals surface area contributed by atoms with E-state index in [1.165, 1.54) is 0 Å². The first-order chi connectivity index (χ1) is 6.69. The normalized spacial score (nSPS) is 11.0. The average molecular weight is 201 g/mol. The number of carbonyl (C=O) groups excluding carboxylic acids is 1. The Morgan fingerprint density at radius 2 is 2.00 bits per heavy atom. The maximum absolute atomic E-state index is 11.2. The van der Waals surface area contributed by atoms with Crippen LogP contribution in [0.4, 0.5) is 0 Å². The maximum Gasteiger partial charge on any atom is 0.233 e. The van der Waals surface area contributed by atoms with Crippen molar-refractivity contribution in [2.75, 3.05) is 26.7 Å². The summed E-state index contributed by atoms with van der Waals surface area (Å²) in [6.07, 6.45) is 2.13. The number of nitrogens with two attached hydrogens (primary N) is 1. The van der Waals surface area contributed by atoms with Crippen LogP contribution in [0.15, 0.2) is 0 Å². The van der Waals surface area contributed by atoms with Crippen molar-refractivity contribution in [3.63, 3.8) is 0 Å². The molecular weight excluding hydrogens is 178 g/mol. The molecule has 0 aliphatic rings. The van der Waals surface area contributed by atoms with Gasteiger partial charge in [-0.05, 0) is 12.8 Å². The van der Waals surface area contributed by atoms with Crippen molar-refractivity contribution in [3.05, 3.63) is 0 Å². The van der Waals surface area contributed by atoms with E-state index < -0.39 is 0 Å². The van der Waals surface area contributed by atoms with Gasteiger partial charge in [-0.2, -0.15) is 0 Å². The lowest BCUT2D eigenvalue weighted by Crippen LogP contribution is -2.44. The third-order valence-corrected chi connectivity index (χ3v) is 2.50. The maximum atomic E-state index is 11.2. The number of nitrogens with one attached hydrogen (secondary N) is 1. The summed E-state index contributed by atoms with van der Waals surface area (Å²) in [5, 5.41) is 2.64. The number of hydrogen-bond acceptors (Lipinski definition) is 3. The molecule has 84 valence electrons. The molecule has 0 atom stereocenters. The first kappa shape index (κ1) is 13.4. The predicted octanol–water partition coefficient (Wildman–Crippen LogP) is 0.182.